The van der Waals surface area contributed by atoms with Gasteiger partial charge in [0.1, 0.15) is 5.41 Å². The highest BCUT2D eigenvalue weighted by Gasteiger charge is 2.44. The molecule has 1 atom stereocenters. The fourth-order valence-corrected chi connectivity index (χ4v) is 3.88. The van der Waals surface area contributed by atoms with Crippen molar-refractivity contribution < 1.29 is 24.4 Å². The highest BCUT2D eigenvalue weighted by molar-refractivity contribution is 5.98. The lowest BCUT2D eigenvalue weighted by molar-refractivity contribution is -0.386. The van der Waals surface area contributed by atoms with Crippen LogP contribution in [0.25, 0.3) is 0 Å². The van der Waals surface area contributed by atoms with Gasteiger partial charge in [-0.05, 0) is 45.2 Å². The number of hydrogen-bond acceptors (Lipinski definition) is 5. The maximum atomic E-state index is 13.1. The monoisotopic (exact) mass is 364 g/mol. The highest BCUT2D eigenvalue weighted by Crippen LogP contribution is 2.34. The quantitative estimate of drug-likeness (QED) is 0.635. The van der Waals surface area contributed by atoms with Crippen molar-refractivity contribution in [3.05, 3.63) is 38.4 Å². The molecule has 1 amide bonds. The number of ether oxygens (including phenoxy) is 1. The molecule has 142 valence electrons. The van der Waals surface area contributed by atoms with Gasteiger partial charge in [0.2, 0.25) is 0 Å². The third kappa shape index (κ3) is 3.41. The molecule has 1 fully saturated rings. The minimum atomic E-state index is -1.15. The molecule has 1 aliphatic rings. The standard InChI is InChI=1S/C18H24N2O6/c1-11-8-12(2)15(20(24)25)13(3)14(11)16(21)19-7-5-6-18(9-19,10-26-4)17(22)23/h8H,5-7,9-10H2,1-4H3,(H,22,23). The number of carbonyl (C=O) groups excluding carboxylic acids is 1. The molecule has 1 aromatic rings. The van der Waals surface area contributed by atoms with Crippen molar-refractivity contribution >= 4 is 17.6 Å². The molecule has 1 aliphatic heterocycles. The van der Waals surface area contributed by atoms with Crippen LogP contribution in [0.5, 0.6) is 0 Å². The van der Waals surface area contributed by atoms with Gasteiger partial charge in [-0.1, -0.05) is 0 Å². The number of nitrogens with zero attached hydrogens (tertiary/aromatic N) is 2. The van der Waals surface area contributed by atoms with Gasteiger partial charge >= 0.3 is 5.97 Å². The lowest BCUT2D eigenvalue weighted by Crippen LogP contribution is -2.52. The second-order valence-corrected chi connectivity index (χ2v) is 6.96. The van der Waals surface area contributed by atoms with Crippen LogP contribution in [0.4, 0.5) is 5.69 Å². The number of aliphatic carboxylic acids is 1. The SMILES string of the molecule is COCC1(C(=O)O)CCCN(C(=O)c2c(C)cc(C)c([N+](=O)[O-])c2C)C1. The van der Waals surface area contributed by atoms with Gasteiger partial charge in [0, 0.05) is 31.3 Å². The first kappa shape index (κ1) is 19.8. The van der Waals surface area contributed by atoms with Gasteiger partial charge in [0.25, 0.3) is 11.6 Å². The number of nitro groups is 1. The summed E-state index contributed by atoms with van der Waals surface area (Å²) in [7, 11) is 1.43. The van der Waals surface area contributed by atoms with Crippen LogP contribution in [0.15, 0.2) is 6.07 Å². The lowest BCUT2D eigenvalue weighted by atomic mass is 9.80. The summed E-state index contributed by atoms with van der Waals surface area (Å²) >= 11 is 0. The molecule has 26 heavy (non-hydrogen) atoms. The van der Waals surface area contributed by atoms with Gasteiger partial charge in [-0.2, -0.15) is 0 Å². The van der Waals surface area contributed by atoms with E-state index in [2.05, 4.69) is 0 Å². The summed E-state index contributed by atoms with van der Waals surface area (Å²) in [6, 6.07) is 1.63. The van der Waals surface area contributed by atoms with Crippen LogP contribution in [-0.2, 0) is 9.53 Å². The minimum absolute atomic E-state index is 0.0120. The molecule has 1 heterocycles. The maximum absolute atomic E-state index is 13.1. The number of amides is 1. The average molecular weight is 364 g/mol. The van der Waals surface area contributed by atoms with Crippen LogP contribution in [0.2, 0.25) is 0 Å². The summed E-state index contributed by atoms with van der Waals surface area (Å²) in [5.74, 6) is -1.37. The van der Waals surface area contributed by atoms with Crippen molar-refractivity contribution in [2.24, 2.45) is 5.41 Å². The van der Waals surface area contributed by atoms with E-state index in [1.807, 2.05) is 0 Å². The number of rotatable bonds is 5. The number of carbonyl (C=O) groups is 2. The Morgan fingerprint density at radius 3 is 2.54 bits per heavy atom. The molecule has 0 saturated carbocycles. The molecule has 0 spiro atoms. The van der Waals surface area contributed by atoms with E-state index < -0.39 is 16.3 Å². The zero-order valence-electron chi connectivity index (χ0n) is 15.5. The Balaban J connectivity index is 2.45. The molecule has 1 saturated heterocycles. The maximum Gasteiger partial charge on any atom is 0.313 e. The zero-order valence-corrected chi connectivity index (χ0v) is 15.5. The van der Waals surface area contributed by atoms with E-state index in [1.54, 1.807) is 26.8 Å². The molecule has 1 unspecified atom stereocenters. The number of carboxylic acid groups (broad SMARTS) is 1. The van der Waals surface area contributed by atoms with E-state index in [-0.39, 0.29) is 30.3 Å². The Morgan fingerprint density at radius 2 is 2.00 bits per heavy atom. The first-order chi connectivity index (χ1) is 12.1. The number of benzene rings is 1. The highest BCUT2D eigenvalue weighted by atomic mass is 16.6. The molecular weight excluding hydrogens is 340 g/mol. The predicted octanol–water partition coefficient (Wildman–Crippen LogP) is 2.47. The van der Waals surface area contributed by atoms with E-state index >= 15 is 0 Å². The fraction of sp³-hybridized carbons (Fsp3) is 0.556. The van der Waals surface area contributed by atoms with E-state index in [9.17, 15) is 24.8 Å². The van der Waals surface area contributed by atoms with Crippen molar-refractivity contribution in [1.82, 2.24) is 4.90 Å². The van der Waals surface area contributed by atoms with Crippen LogP contribution in [0, 0.1) is 36.3 Å². The number of nitro benzene ring substituents is 1. The molecular formula is C18H24N2O6. The molecule has 2 rings (SSSR count). The number of hydrogen-bond donors (Lipinski definition) is 1. The first-order valence-electron chi connectivity index (χ1n) is 8.41. The summed E-state index contributed by atoms with van der Waals surface area (Å²) in [4.78, 5) is 37.3. The van der Waals surface area contributed by atoms with Crippen molar-refractivity contribution in [1.29, 1.82) is 0 Å². The second-order valence-electron chi connectivity index (χ2n) is 6.96. The topological polar surface area (TPSA) is 110 Å². The van der Waals surface area contributed by atoms with Crippen LogP contribution < -0.4 is 0 Å². The molecule has 8 heteroatoms. The first-order valence-corrected chi connectivity index (χ1v) is 8.41. The van der Waals surface area contributed by atoms with Crippen LogP contribution in [-0.4, -0.2) is 53.6 Å². The third-order valence-corrected chi connectivity index (χ3v) is 5.07. The van der Waals surface area contributed by atoms with Gasteiger partial charge in [-0.15, -0.1) is 0 Å². The smallest absolute Gasteiger partial charge is 0.313 e. The van der Waals surface area contributed by atoms with Gasteiger partial charge in [0.05, 0.1) is 17.1 Å². The molecule has 0 aromatic heterocycles. The van der Waals surface area contributed by atoms with Crippen molar-refractivity contribution in [3.8, 4) is 0 Å². The van der Waals surface area contributed by atoms with Crippen LogP contribution >= 0.6 is 0 Å². The van der Waals surface area contributed by atoms with Gasteiger partial charge in [0.15, 0.2) is 0 Å². The van der Waals surface area contributed by atoms with Crippen molar-refractivity contribution in [3.63, 3.8) is 0 Å². The molecule has 1 N–H and O–H groups in total. The van der Waals surface area contributed by atoms with E-state index in [1.165, 1.54) is 12.0 Å². The minimum Gasteiger partial charge on any atom is -0.481 e. The average Bonchev–Trinajstić information content (AvgIpc) is 2.54. The number of methoxy groups -OCH3 is 1. The van der Waals surface area contributed by atoms with E-state index in [0.29, 0.717) is 36.1 Å². The molecule has 0 bridgehead atoms. The summed E-state index contributed by atoms with van der Waals surface area (Å²) in [6.07, 6.45) is 0.958. The van der Waals surface area contributed by atoms with E-state index in [0.717, 1.165) is 0 Å². The summed E-state index contributed by atoms with van der Waals surface area (Å²) in [5.41, 5.74) is 0.517. The summed E-state index contributed by atoms with van der Waals surface area (Å²) in [5, 5.41) is 21.0. The van der Waals surface area contributed by atoms with Gasteiger partial charge < -0.3 is 14.7 Å². The Labute approximate surface area is 151 Å². The van der Waals surface area contributed by atoms with Crippen molar-refractivity contribution in [2.75, 3.05) is 26.8 Å². The number of aryl methyl sites for hydroxylation is 2. The van der Waals surface area contributed by atoms with Crippen molar-refractivity contribution in [2.45, 2.75) is 33.6 Å². The lowest BCUT2D eigenvalue weighted by Gasteiger charge is -2.39. The Bertz CT molecular complexity index is 757. The molecule has 0 radical (unpaired) electrons. The fourth-order valence-electron chi connectivity index (χ4n) is 3.88. The van der Waals surface area contributed by atoms with Crippen LogP contribution in [0.3, 0.4) is 0 Å². The Hall–Kier alpha value is -2.48. The normalized spacial score (nSPS) is 20.1. The number of carboxylic acids is 1. The van der Waals surface area contributed by atoms with Crippen LogP contribution in [0.1, 0.15) is 39.9 Å². The zero-order chi connectivity index (χ0) is 19.6. The summed E-state index contributed by atoms with van der Waals surface area (Å²) in [6.45, 7) is 5.39. The number of piperidine rings is 1. The predicted molar refractivity (Wildman–Crippen MR) is 94.4 cm³/mol. The Morgan fingerprint density at radius 1 is 1.35 bits per heavy atom. The third-order valence-electron chi connectivity index (χ3n) is 5.07. The molecule has 8 nitrogen and oxygen atoms in total. The Kier molecular flexibility index (Phi) is 5.65. The second kappa shape index (κ2) is 7.41. The summed E-state index contributed by atoms with van der Waals surface area (Å²) < 4.78 is 5.09. The molecule has 1 aromatic carbocycles. The molecule has 0 aliphatic carbocycles. The number of likely N-dealkylation sites (tertiary alicyclic amines) is 1. The van der Waals surface area contributed by atoms with Gasteiger partial charge in [-0.25, -0.2) is 0 Å². The van der Waals surface area contributed by atoms with Gasteiger partial charge in [-0.3, -0.25) is 19.7 Å². The van der Waals surface area contributed by atoms with E-state index in [4.69, 9.17) is 4.74 Å². The largest absolute Gasteiger partial charge is 0.481 e.